The van der Waals surface area contributed by atoms with E-state index >= 15 is 0 Å². The van der Waals surface area contributed by atoms with Gasteiger partial charge in [-0.05, 0) is 19.1 Å². The molecule has 2 aromatic rings. The third-order valence-electron chi connectivity index (χ3n) is 2.79. The SMILES string of the molecule is CCc1nc(CC)n(-c2ccc(C(C)O)nc2)n1. The van der Waals surface area contributed by atoms with Gasteiger partial charge < -0.3 is 5.11 Å². The van der Waals surface area contributed by atoms with E-state index in [0.717, 1.165) is 30.2 Å². The fourth-order valence-corrected chi connectivity index (χ4v) is 1.75. The van der Waals surface area contributed by atoms with Crippen molar-refractivity contribution >= 4 is 0 Å². The minimum Gasteiger partial charge on any atom is -0.387 e. The molecule has 1 unspecified atom stereocenters. The van der Waals surface area contributed by atoms with Crippen molar-refractivity contribution in [2.45, 2.75) is 39.7 Å². The van der Waals surface area contributed by atoms with E-state index < -0.39 is 6.10 Å². The number of rotatable bonds is 4. The summed E-state index contributed by atoms with van der Waals surface area (Å²) in [5, 5.41) is 13.9. The van der Waals surface area contributed by atoms with E-state index in [9.17, 15) is 5.11 Å². The van der Waals surface area contributed by atoms with E-state index in [4.69, 9.17) is 0 Å². The van der Waals surface area contributed by atoms with E-state index in [1.54, 1.807) is 13.1 Å². The number of pyridine rings is 1. The molecule has 1 N–H and O–H groups in total. The molecule has 0 aliphatic rings. The average Bonchev–Trinajstić information content (AvgIpc) is 2.82. The highest BCUT2D eigenvalue weighted by Gasteiger charge is 2.10. The van der Waals surface area contributed by atoms with Crippen molar-refractivity contribution in [2.24, 2.45) is 0 Å². The predicted octanol–water partition coefficient (Wildman–Crippen LogP) is 1.84. The first kappa shape index (κ1) is 12.7. The summed E-state index contributed by atoms with van der Waals surface area (Å²) in [5.74, 6) is 1.77. The maximum absolute atomic E-state index is 9.43. The van der Waals surface area contributed by atoms with Crippen molar-refractivity contribution < 1.29 is 5.11 Å². The topological polar surface area (TPSA) is 63.8 Å². The number of aryl methyl sites for hydroxylation is 2. The van der Waals surface area contributed by atoms with Crippen LogP contribution in [0.3, 0.4) is 0 Å². The van der Waals surface area contributed by atoms with Crippen LogP contribution in [0.2, 0.25) is 0 Å². The van der Waals surface area contributed by atoms with Crippen LogP contribution in [0.15, 0.2) is 18.3 Å². The molecule has 0 radical (unpaired) electrons. The Balaban J connectivity index is 2.38. The first-order chi connectivity index (χ1) is 8.65. The molecule has 0 bridgehead atoms. The monoisotopic (exact) mass is 246 g/mol. The Morgan fingerprint density at radius 3 is 2.56 bits per heavy atom. The largest absolute Gasteiger partial charge is 0.387 e. The van der Waals surface area contributed by atoms with Gasteiger partial charge in [0.15, 0.2) is 5.82 Å². The van der Waals surface area contributed by atoms with Gasteiger partial charge in [-0.3, -0.25) is 4.98 Å². The molecule has 0 aliphatic carbocycles. The van der Waals surface area contributed by atoms with Gasteiger partial charge >= 0.3 is 0 Å². The summed E-state index contributed by atoms with van der Waals surface area (Å²) in [6.07, 6.45) is 2.81. The molecule has 0 saturated heterocycles. The highest BCUT2D eigenvalue weighted by molar-refractivity contribution is 5.30. The Labute approximate surface area is 107 Å². The van der Waals surface area contributed by atoms with Crippen molar-refractivity contribution in [1.82, 2.24) is 19.7 Å². The van der Waals surface area contributed by atoms with Gasteiger partial charge in [0, 0.05) is 12.8 Å². The van der Waals surface area contributed by atoms with Crippen LogP contribution >= 0.6 is 0 Å². The molecule has 2 heterocycles. The Hall–Kier alpha value is -1.75. The first-order valence-electron chi connectivity index (χ1n) is 6.24. The van der Waals surface area contributed by atoms with Crippen LogP contribution in [-0.4, -0.2) is 24.9 Å². The molecule has 96 valence electrons. The number of hydrogen-bond donors (Lipinski definition) is 1. The van der Waals surface area contributed by atoms with Crippen molar-refractivity contribution in [2.75, 3.05) is 0 Å². The third-order valence-corrected chi connectivity index (χ3v) is 2.79. The maximum atomic E-state index is 9.43. The van der Waals surface area contributed by atoms with Crippen LogP contribution in [0.4, 0.5) is 0 Å². The van der Waals surface area contributed by atoms with Gasteiger partial charge in [0.2, 0.25) is 0 Å². The standard InChI is InChI=1S/C13H18N4O/c1-4-12-15-13(5-2)17(16-12)10-6-7-11(9(3)18)14-8-10/h6-9,18H,4-5H2,1-3H3. The van der Waals surface area contributed by atoms with E-state index in [1.165, 1.54) is 0 Å². The summed E-state index contributed by atoms with van der Waals surface area (Å²) in [6, 6.07) is 3.72. The molecule has 0 spiro atoms. The molecule has 0 fully saturated rings. The lowest BCUT2D eigenvalue weighted by molar-refractivity contribution is 0.194. The molecule has 5 nitrogen and oxygen atoms in total. The number of aromatic nitrogens is 4. The van der Waals surface area contributed by atoms with Crippen LogP contribution < -0.4 is 0 Å². The number of nitrogens with zero attached hydrogens (tertiary/aromatic N) is 4. The van der Waals surface area contributed by atoms with Gasteiger partial charge in [0.25, 0.3) is 0 Å². The molecular formula is C13H18N4O. The summed E-state index contributed by atoms with van der Waals surface area (Å²) < 4.78 is 1.82. The predicted molar refractivity (Wildman–Crippen MR) is 68.5 cm³/mol. The molecule has 2 rings (SSSR count). The molecule has 5 heteroatoms. The second-order valence-corrected chi connectivity index (χ2v) is 4.18. The van der Waals surface area contributed by atoms with E-state index in [0.29, 0.717) is 5.69 Å². The van der Waals surface area contributed by atoms with Gasteiger partial charge in [0.1, 0.15) is 5.82 Å². The van der Waals surface area contributed by atoms with Crippen molar-refractivity contribution in [3.8, 4) is 5.69 Å². The van der Waals surface area contributed by atoms with Crippen molar-refractivity contribution in [3.63, 3.8) is 0 Å². The fraction of sp³-hybridized carbons (Fsp3) is 0.462. The van der Waals surface area contributed by atoms with Crippen molar-refractivity contribution in [1.29, 1.82) is 0 Å². The molecule has 18 heavy (non-hydrogen) atoms. The minimum atomic E-state index is -0.549. The average molecular weight is 246 g/mol. The molecule has 0 aromatic carbocycles. The Bertz CT molecular complexity index is 516. The second kappa shape index (κ2) is 5.27. The second-order valence-electron chi connectivity index (χ2n) is 4.18. The van der Waals surface area contributed by atoms with Crippen LogP contribution in [0.5, 0.6) is 0 Å². The summed E-state index contributed by atoms with van der Waals surface area (Å²) in [6.45, 7) is 5.79. The quantitative estimate of drug-likeness (QED) is 0.894. The summed E-state index contributed by atoms with van der Waals surface area (Å²) in [5.41, 5.74) is 1.54. The highest BCUT2D eigenvalue weighted by atomic mass is 16.3. The summed E-state index contributed by atoms with van der Waals surface area (Å²) in [7, 11) is 0. The normalized spacial score (nSPS) is 12.7. The van der Waals surface area contributed by atoms with Gasteiger partial charge in [-0.2, -0.15) is 5.10 Å². The molecule has 2 aromatic heterocycles. The number of aliphatic hydroxyl groups is 1. The van der Waals surface area contributed by atoms with E-state index in [1.807, 2.05) is 23.7 Å². The smallest absolute Gasteiger partial charge is 0.151 e. The zero-order valence-electron chi connectivity index (χ0n) is 11.0. The Morgan fingerprint density at radius 1 is 1.28 bits per heavy atom. The van der Waals surface area contributed by atoms with Gasteiger partial charge in [0.05, 0.1) is 23.7 Å². The first-order valence-corrected chi connectivity index (χ1v) is 6.24. The van der Waals surface area contributed by atoms with Crippen LogP contribution in [0.1, 0.15) is 44.2 Å². The van der Waals surface area contributed by atoms with Gasteiger partial charge in [-0.25, -0.2) is 9.67 Å². The fourth-order valence-electron chi connectivity index (χ4n) is 1.75. The summed E-state index contributed by atoms with van der Waals surface area (Å²) in [4.78, 5) is 8.68. The van der Waals surface area contributed by atoms with Gasteiger partial charge in [-0.15, -0.1) is 0 Å². The van der Waals surface area contributed by atoms with E-state index in [2.05, 4.69) is 22.0 Å². The molecule has 0 aliphatic heterocycles. The molecular weight excluding hydrogens is 228 g/mol. The Morgan fingerprint density at radius 2 is 2.06 bits per heavy atom. The lowest BCUT2D eigenvalue weighted by atomic mass is 10.2. The minimum absolute atomic E-state index is 0.549. The molecule has 0 amide bonds. The van der Waals surface area contributed by atoms with Crippen LogP contribution in [0, 0.1) is 0 Å². The van der Waals surface area contributed by atoms with Crippen LogP contribution in [0.25, 0.3) is 5.69 Å². The zero-order chi connectivity index (χ0) is 13.1. The number of hydrogen-bond acceptors (Lipinski definition) is 4. The summed E-state index contributed by atoms with van der Waals surface area (Å²) >= 11 is 0. The van der Waals surface area contributed by atoms with Gasteiger partial charge in [-0.1, -0.05) is 13.8 Å². The lowest BCUT2D eigenvalue weighted by Gasteiger charge is -2.06. The zero-order valence-corrected chi connectivity index (χ0v) is 11.0. The molecule has 0 saturated carbocycles. The number of aliphatic hydroxyl groups excluding tert-OH is 1. The maximum Gasteiger partial charge on any atom is 0.151 e. The lowest BCUT2D eigenvalue weighted by Crippen LogP contribution is -2.04. The Kier molecular flexibility index (Phi) is 3.72. The highest BCUT2D eigenvalue weighted by Crippen LogP contribution is 2.13. The third kappa shape index (κ3) is 2.41. The van der Waals surface area contributed by atoms with Crippen LogP contribution in [-0.2, 0) is 12.8 Å². The molecule has 1 atom stereocenters. The van der Waals surface area contributed by atoms with Crippen molar-refractivity contribution in [3.05, 3.63) is 35.7 Å². The van der Waals surface area contributed by atoms with E-state index in [-0.39, 0.29) is 0 Å².